The molecule has 0 saturated carbocycles. The predicted molar refractivity (Wildman–Crippen MR) is 90.4 cm³/mol. The molecule has 0 aromatic heterocycles. The minimum absolute atomic E-state index is 0.160. The van der Waals surface area contributed by atoms with Crippen molar-refractivity contribution >= 4 is 21.8 Å². The third-order valence-electron chi connectivity index (χ3n) is 4.06. The second kappa shape index (κ2) is 8.06. The van der Waals surface area contributed by atoms with Gasteiger partial charge in [-0.2, -0.15) is 0 Å². The fourth-order valence-electron chi connectivity index (χ4n) is 3.25. The van der Waals surface area contributed by atoms with Crippen molar-refractivity contribution in [3.63, 3.8) is 0 Å². The Balaban J connectivity index is 1.73. The second-order valence-electron chi connectivity index (χ2n) is 6.44. The SMILES string of the molecule is CC1CC(C)CN(CCCNC(=O)c2ccc(F)cc2Br)C1. The summed E-state index contributed by atoms with van der Waals surface area (Å²) in [5, 5.41) is 2.90. The zero-order valence-corrected chi connectivity index (χ0v) is 14.8. The Morgan fingerprint density at radius 3 is 2.68 bits per heavy atom. The Labute approximate surface area is 140 Å². The zero-order valence-electron chi connectivity index (χ0n) is 13.2. The first-order valence-electron chi connectivity index (χ1n) is 7.91. The van der Waals surface area contributed by atoms with Crippen LogP contribution in [-0.2, 0) is 0 Å². The molecule has 2 atom stereocenters. The summed E-state index contributed by atoms with van der Waals surface area (Å²) in [7, 11) is 0. The summed E-state index contributed by atoms with van der Waals surface area (Å²) in [5.74, 6) is 1.01. The highest BCUT2D eigenvalue weighted by Gasteiger charge is 2.21. The number of carbonyl (C=O) groups excluding carboxylic acids is 1. The maximum absolute atomic E-state index is 13.0. The molecule has 22 heavy (non-hydrogen) atoms. The molecule has 0 bridgehead atoms. The van der Waals surface area contributed by atoms with Gasteiger partial charge in [0.1, 0.15) is 5.82 Å². The van der Waals surface area contributed by atoms with Gasteiger partial charge in [0.2, 0.25) is 0 Å². The molecule has 1 aliphatic rings. The van der Waals surface area contributed by atoms with E-state index in [0.717, 1.165) is 37.9 Å². The largest absolute Gasteiger partial charge is 0.352 e. The molecular weight excluding hydrogens is 347 g/mol. The molecule has 5 heteroatoms. The molecule has 1 aliphatic heterocycles. The smallest absolute Gasteiger partial charge is 0.252 e. The molecule has 0 radical (unpaired) electrons. The molecule has 1 aromatic carbocycles. The van der Waals surface area contributed by atoms with Gasteiger partial charge < -0.3 is 10.2 Å². The molecule has 1 aromatic rings. The monoisotopic (exact) mass is 370 g/mol. The third-order valence-corrected chi connectivity index (χ3v) is 4.71. The maximum Gasteiger partial charge on any atom is 0.252 e. The van der Waals surface area contributed by atoms with Crippen LogP contribution in [0.1, 0.15) is 37.0 Å². The van der Waals surface area contributed by atoms with E-state index in [0.29, 0.717) is 16.6 Å². The average Bonchev–Trinajstić information content (AvgIpc) is 2.42. The highest BCUT2D eigenvalue weighted by atomic mass is 79.9. The van der Waals surface area contributed by atoms with E-state index in [4.69, 9.17) is 0 Å². The standard InChI is InChI=1S/C17H24BrFN2O/c1-12-8-13(2)11-21(10-12)7-3-6-20-17(22)15-5-4-14(19)9-16(15)18/h4-5,9,12-13H,3,6-8,10-11H2,1-2H3,(H,20,22). The number of halogens is 2. The highest BCUT2D eigenvalue weighted by molar-refractivity contribution is 9.10. The Morgan fingerprint density at radius 1 is 1.36 bits per heavy atom. The van der Waals surface area contributed by atoms with E-state index in [1.54, 1.807) is 0 Å². The molecule has 0 aliphatic carbocycles. The topological polar surface area (TPSA) is 32.3 Å². The van der Waals surface area contributed by atoms with Crippen molar-refractivity contribution in [1.82, 2.24) is 10.2 Å². The number of carbonyl (C=O) groups is 1. The second-order valence-corrected chi connectivity index (χ2v) is 7.29. The summed E-state index contributed by atoms with van der Waals surface area (Å²) in [6, 6.07) is 4.12. The first-order chi connectivity index (χ1) is 10.5. The molecule has 1 N–H and O–H groups in total. The fraction of sp³-hybridized carbons (Fsp3) is 0.588. The summed E-state index contributed by atoms with van der Waals surface area (Å²) >= 11 is 3.22. The van der Waals surface area contributed by atoms with E-state index in [2.05, 4.69) is 40.0 Å². The first-order valence-corrected chi connectivity index (χ1v) is 8.70. The van der Waals surface area contributed by atoms with Crippen molar-refractivity contribution in [2.45, 2.75) is 26.7 Å². The van der Waals surface area contributed by atoms with Crippen LogP contribution in [0.3, 0.4) is 0 Å². The van der Waals surface area contributed by atoms with E-state index >= 15 is 0 Å². The van der Waals surface area contributed by atoms with Gasteiger partial charge >= 0.3 is 0 Å². The summed E-state index contributed by atoms with van der Waals surface area (Å²) in [6.07, 6.45) is 2.25. The van der Waals surface area contributed by atoms with Crippen molar-refractivity contribution in [3.05, 3.63) is 34.1 Å². The lowest BCUT2D eigenvalue weighted by atomic mass is 9.92. The van der Waals surface area contributed by atoms with Crippen LogP contribution in [0, 0.1) is 17.7 Å². The molecule has 2 rings (SSSR count). The Morgan fingerprint density at radius 2 is 2.05 bits per heavy atom. The number of amides is 1. The predicted octanol–water partition coefficient (Wildman–Crippen LogP) is 3.69. The molecule has 0 spiro atoms. The lowest BCUT2D eigenvalue weighted by molar-refractivity contribution is 0.0946. The third kappa shape index (κ3) is 5.06. The van der Waals surface area contributed by atoms with Crippen LogP contribution in [-0.4, -0.2) is 37.0 Å². The molecular formula is C17H24BrFN2O. The van der Waals surface area contributed by atoms with E-state index in [9.17, 15) is 9.18 Å². The van der Waals surface area contributed by atoms with E-state index < -0.39 is 0 Å². The van der Waals surface area contributed by atoms with Crippen molar-refractivity contribution in [2.75, 3.05) is 26.2 Å². The van der Waals surface area contributed by atoms with Crippen molar-refractivity contribution in [1.29, 1.82) is 0 Å². The van der Waals surface area contributed by atoms with Crippen LogP contribution in [0.2, 0.25) is 0 Å². The molecule has 2 unspecified atom stereocenters. The summed E-state index contributed by atoms with van der Waals surface area (Å²) < 4.78 is 13.5. The van der Waals surface area contributed by atoms with E-state index in [1.165, 1.54) is 24.6 Å². The lowest BCUT2D eigenvalue weighted by Crippen LogP contribution is -2.40. The normalized spacial score (nSPS) is 22.5. The summed E-state index contributed by atoms with van der Waals surface area (Å²) in [4.78, 5) is 14.5. The Bertz CT molecular complexity index is 513. The molecule has 122 valence electrons. The quantitative estimate of drug-likeness (QED) is 0.801. The van der Waals surface area contributed by atoms with Crippen LogP contribution >= 0.6 is 15.9 Å². The van der Waals surface area contributed by atoms with Crippen LogP contribution in [0.5, 0.6) is 0 Å². The average molecular weight is 371 g/mol. The van der Waals surface area contributed by atoms with E-state index in [-0.39, 0.29) is 11.7 Å². The number of piperidine rings is 1. The lowest BCUT2D eigenvalue weighted by Gasteiger charge is -2.34. The van der Waals surface area contributed by atoms with E-state index in [1.807, 2.05) is 0 Å². The van der Waals surface area contributed by atoms with Crippen LogP contribution < -0.4 is 5.32 Å². The van der Waals surface area contributed by atoms with Gasteiger partial charge in [0.05, 0.1) is 5.56 Å². The van der Waals surface area contributed by atoms with Gasteiger partial charge in [-0.15, -0.1) is 0 Å². The van der Waals surface area contributed by atoms with Gasteiger partial charge in [-0.3, -0.25) is 4.79 Å². The van der Waals surface area contributed by atoms with Gasteiger partial charge in [0.15, 0.2) is 0 Å². The van der Waals surface area contributed by atoms with Crippen LogP contribution in [0.15, 0.2) is 22.7 Å². The van der Waals surface area contributed by atoms with Gasteiger partial charge in [-0.05, 0) is 65.4 Å². The number of benzene rings is 1. The van der Waals surface area contributed by atoms with Gasteiger partial charge in [-0.1, -0.05) is 13.8 Å². The van der Waals surface area contributed by atoms with Crippen molar-refractivity contribution in [2.24, 2.45) is 11.8 Å². The fourth-order valence-corrected chi connectivity index (χ4v) is 3.78. The number of nitrogens with one attached hydrogen (secondary N) is 1. The number of hydrogen-bond donors (Lipinski definition) is 1. The van der Waals surface area contributed by atoms with Crippen molar-refractivity contribution < 1.29 is 9.18 Å². The highest BCUT2D eigenvalue weighted by Crippen LogP contribution is 2.21. The molecule has 1 amide bonds. The Hall–Kier alpha value is -0.940. The first kappa shape index (κ1) is 17.4. The number of rotatable bonds is 5. The minimum Gasteiger partial charge on any atom is -0.352 e. The molecule has 1 heterocycles. The molecule has 1 fully saturated rings. The summed E-state index contributed by atoms with van der Waals surface area (Å²) in [5.41, 5.74) is 0.474. The van der Waals surface area contributed by atoms with Gasteiger partial charge in [0, 0.05) is 24.1 Å². The van der Waals surface area contributed by atoms with Crippen LogP contribution in [0.25, 0.3) is 0 Å². The number of nitrogens with zero attached hydrogens (tertiary/aromatic N) is 1. The summed E-state index contributed by atoms with van der Waals surface area (Å²) in [6.45, 7) is 8.57. The van der Waals surface area contributed by atoms with Crippen molar-refractivity contribution in [3.8, 4) is 0 Å². The van der Waals surface area contributed by atoms with Gasteiger partial charge in [0.25, 0.3) is 5.91 Å². The number of likely N-dealkylation sites (tertiary alicyclic amines) is 1. The minimum atomic E-state index is -0.350. The zero-order chi connectivity index (χ0) is 16.1. The number of hydrogen-bond acceptors (Lipinski definition) is 2. The molecule has 3 nitrogen and oxygen atoms in total. The Kier molecular flexibility index (Phi) is 6.38. The van der Waals surface area contributed by atoms with Gasteiger partial charge in [-0.25, -0.2) is 4.39 Å². The van der Waals surface area contributed by atoms with Crippen LogP contribution in [0.4, 0.5) is 4.39 Å². The maximum atomic E-state index is 13.0. The molecule has 1 saturated heterocycles.